The summed E-state index contributed by atoms with van der Waals surface area (Å²) in [5.74, 6) is 1.58. The molecule has 1 aromatic heterocycles. The Labute approximate surface area is 153 Å². The molecule has 1 atom stereocenters. The van der Waals surface area contributed by atoms with Gasteiger partial charge in [0.05, 0.1) is 12.3 Å². The molecule has 1 fully saturated rings. The van der Waals surface area contributed by atoms with Crippen LogP contribution in [0.15, 0.2) is 0 Å². The molecule has 0 aromatic carbocycles. The van der Waals surface area contributed by atoms with Gasteiger partial charge < -0.3 is 15.0 Å². The molecule has 2 aliphatic heterocycles. The summed E-state index contributed by atoms with van der Waals surface area (Å²) in [5, 5.41) is 2.95. The molecule has 0 aliphatic carbocycles. The van der Waals surface area contributed by atoms with Gasteiger partial charge >= 0.3 is 0 Å². The fourth-order valence-electron chi connectivity index (χ4n) is 2.66. The first-order chi connectivity index (χ1) is 12.2. The van der Waals surface area contributed by atoms with Crippen LogP contribution in [0, 0.1) is 6.92 Å². The topological polar surface area (TPSA) is 67.3 Å². The summed E-state index contributed by atoms with van der Waals surface area (Å²) >= 11 is 0. The van der Waals surface area contributed by atoms with E-state index >= 15 is 0 Å². The maximum absolute atomic E-state index is 12.2. The van der Waals surface area contributed by atoms with Gasteiger partial charge in [0, 0.05) is 13.2 Å². The Morgan fingerprint density at radius 3 is 2.40 bits per heavy atom. The number of nitrogens with zero attached hydrogens (tertiary/aromatic N) is 3. The van der Waals surface area contributed by atoms with Crippen molar-refractivity contribution in [3.05, 3.63) is 11.5 Å². The van der Waals surface area contributed by atoms with Crippen molar-refractivity contribution in [2.75, 3.05) is 30.0 Å². The molecular weight excluding hydrogens is 316 g/mol. The minimum atomic E-state index is -0.269. The second-order valence-corrected chi connectivity index (χ2v) is 4.90. The molecular formula is C19H36N4O2. The third kappa shape index (κ3) is 5.66. The molecule has 25 heavy (non-hydrogen) atoms. The fourth-order valence-corrected chi connectivity index (χ4v) is 2.66. The Bertz CT molecular complexity index is 520. The second-order valence-electron chi connectivity index (χ2n) is 4.90. The first-order valence-electron chi connectivity index (χ1n) is 9.73. The minimum absolute atomic E-state index is 0.0171. The summed E-state index contributed by atoms with van der Waals surface area (Å²) in [7, 11) is 0. The predicted octanol–water partition coefficient (Wildman–Crippen LogP) is 3.97. The Hall–Kier alpha value is -1.69. The summed E-state index contributed by atoms with van der Waals surface area (Å²) in [6, 6.07) is -0.269. The maximum Gasteiger partial charge on any atom is 0.249 e. The Morgan fingerprint density at radius 2 is 1.80 bits per heavy atom. The van der Waals surface area contributed by atoms with Crippen molar-refractivity contribution >= 4 is 17.4 Å². The van der Waals surface area contributed by atoms with E-state index in [1.54, 1.807) is 0 Å². The van der Waals surface area contributed by atoms with Crippen LogP contribution in [0.3, 0.4) is 0 Å². The highest BCUT2D eigenvalue weighted by molar-refractivity contribution is 6.03. The fraction of sp³-hybridized carbons (Fsp3) is 0.737. The summed E-state index contributed by atoms with van der Waals surface area (Å²) in [4.78, 5) is 23.2. The molecule has 0 radical (unpaired) electrons. The highest BCUT2D eigenvalue weighted by atomic mass is 16.5. The van der Waals surface area contributed by atoms with Gasteiger partial charge in [0.2, 0.25) is 5.91 Å². The zero-order valence-electron chi connectivity index (χ0n) is 17.3. The number of anilines is 2. The van der Waals surface area contributed by atoms with Gasteiger partial charge in [0.15, 0.2) is 5.82 Å². The van der Waals surface area contributed by atoms with E-state index in [1.807, 2.05) is 55.4 Å². The van der Waals surface area contributed by atoms with Crippen LogP contribution >= 0.6 is 0 Å². The van der Waals surface area contributed by atoms with Gasteiger partial charge in [-0.1, -0.05) is 48.5 Å². The van der Waals surface area contributed by atoms with Gasteiger partial charge in [-0.3, -0.25) is 4.79 Å². The normalized spacial score (nSPS) is 17.7. The van der Waals surface area contributed by atoms with Crippen LogP contribution in [0.5, 0.6) is 0 Å². The van der Waals surface area contributed by atoms with Crippen LogP contribution in [-0.2, 0) is 16.0 Å². The SMILES string of the molecule is CC.CC.CC.CCc1nc(C)nc2c1NC(=O)C1COCCCN21. The van der Waals surface area contributed by atoms with Gasteiger partial charge in [0.1, 0.15) is 17.6 Å². The second kappa shape index (κ2) is 12.6. The van der Waals surface area contributed by atoms with Crippen LogP contribution in [0.25, 0.3) is 0 Å². The number of fused-ring (bicyclic) bond motifs is 3. The molecule has 0 spiro atoms. The van der Waals surface area contributed by atoms with E-state index in [9.17, 15) is 4.79 Å². The monoisotopic (exact) mass is 352 g/mol. The number of ether oxygens (including phenoxy) is 1. The summed E-state index contributed by atoms with van der Waals surface area (Å²) in [6.45, 7) is 17.8. The van der Waals surface area contributed by atoms with Crippen LogP contribution in [0.1, 0.15) is 66.4 Å². The van der Waals surface area contributed by atoms with Gasteiger partial charge in [0.25, 0.3) is 0 Å². The number of nitrogens with one attached hydrogen (secondary N) is 1. The Kier molecular flexibility index (Phi) is 11.8. The van der Waals surface area contributed by atoms with Crippen LogP contribution < -0.4 is 10.2 Å². The quantitative estimate of drug-likeness (QED) is 0.828. The van der Waals surface area contributed by atoms with E-state index in [2.05, 4.69) is 20.2 Å². The minimum Gasteiger partial charge on any atom is -0.379 e. The molecule has 0 bridgehead atoms. The molecule has 1 amide bonds. The number of rotatable bonds is 1. The zero-order valence-corrected chi connectivity index (χ0v) is 17.3. The van der Waals surface area contributed by atoms with E-state index in [0.717, 1.165) is 42.4 Å². The number of hydrogen-bond donors (Lipinski definition) is 1. The predicted molar refractivity (Wildman–Crippen MR) is 105 cm³/mol. The van der Waals surface area contributed by atoms with Crippen molar-refractivity contribution in [2.45, 2.75) is 74.3 Å². The molecule has 0 saturated carbocycles. The first kappa shape index (κ1) is 23.3. The highest BCUT2D eigenvalue weighted by Gasteiger charge is 2.36. The van der Waals surface area contributed by atoms with E-state index in [-0.39, 0.29) is 11.9 Å². The molecule has 1 N–H and O–H groups in total. The molecule has 1 saturated heterocycles. The number of aryl methyl sites for hydroxylation is 2. The molecule has 2 aliphatic rings. The number of aromatic nitrogens is 2. The van der Waals surface area contributed by atoms with Crippen LogP contribution in [0.2, 0.25) is 0 Å². The van der Waals surface area contributed by atoms with Gasteiger partial charge in [-0.25, -0.2) is 9.97 Å². The summed E-state index contributed by atoms with van der Waals surface area (Å²) < 4.78 is 5.49. The van der Waals surface area contributed by atoms with Gasteiger partial charge in [-0.2, -0.15) is 0 Å². The zero-order chi connectivity index (χ0) is 19.4. The van der Waals surface area contributed by atoms with Gasteiger partial charge in [-0.15, -0.1) is 0 Å². The third-order valence-electron chi connectivity index (χ3n) is 3.57. The van der Waals surface area contributed by atoms with Crippen LogP contribution in [-0.4, -0.2) is 41.7 Å². The third-order valence-corrected chi connectivity index (χ3v) is 3.57. The summed E-state index contributed by atoms with van der Waals surface area (Å²) in [6.07, 6.45) is 1.69. The van der Waals surface area contributed by atoms with Crippen LogP contribution in [0.4, 0.5) is 11.5 Å². The van der Waals surface area contributed by atoms with E-state index in [0.29, 0.717) is 13.2 Å². The van der Waals surface area contributed by atoms with E-state index in [4.69, 9.17) is 4.74 Å². The lowest BCUT2D eigenvalue weighted by atomic mass is 10.1. The molecule has 144 valence electrons. The maximum atomic E-state index is 12.2. The van der Waals surface area contributed by atoms with Crippen molar-refractivity contribution in [2.24, 2.45) is 0 Å². The lowest BCUT2D eigenvalue weighted by Crippen LogP contribution is -2.50. The first-order valence-corrected chi connectivity index (χ1v) is 9.73. The summed E-state index contributed by atoms with van der Waals surface area (Å²) in [5.41, 5.74) is 1.68. The van der Waals surface area contributed by atoms with Crippen molar-refractivity contribution < 1.29 is 9.53 Å². The lowest BCUT2D eigenvalue weighted by molar-refractivity contribution is -0.118. The lowest BCUT2D eigenvalue weighted by Gasteiger charge is -2.35. The smallest absolute Gasteiger partial charge is 0.249 e. The molecule has 1 aromatic rings. The number of carbonyl (C=O) groups is 1. The largest absolute Gasteiger partial charge is 0.379 e. The van der Waals surface area contributed by atoms with Crippen molar-refractivity contribution in [1.82, 2.24) is 9.97 Å². The van der Waals surface area contributed by atoms with Crippen molar-refractivity contribution in [1.29, 1.82) is 0 Å². The van der Waals surface area contributed by atoms with Gasteiger partial charge in [-0.05, 0) is 19.8 Å². The van der Waals surface area contributed by atoms with Crippen molar-refractivity contribution in [3.8, 4) is 0 Å². The van der Waals surface area contributed by atoms with E-state index in [1.165, 1.54) is 0 Å². The van der Waals surface area contributed by atoms with E-state index < -0.39 is 0 Å². The highest BCUT2D eigenvalue weighted by Crippen LogP contribution is 2.33. The average Bonchev–Trinajstić information content (AvgIpc) is 2.94. The molecule has 3 rings (SSSR count). The molecule has 6 nitrogen and oxygen atoms in total. The average molecular weight is 353 g/mol. The molecule has 3 heterocycles. The molecule has 6 heteroatoms. The van der Waals surface area contributed by atoms with Crippen molar-refractivity contribution in [3.63, 3.8) is 0 Å². The number of amides is 1. The Balaban J connectivity index is 0.000000871. The number of carbonyl (C=O) groups excluding carboxylic acids is 1. The Morgan fingerprint density at radius 1 is 1.16 bits per heavy atom. The molecule has 1 unspecified atom stereocenters. The standard InChI is InChI=1S/C13H18N4O2.3C2H6/c1-3-9-11-12(15-8(2)14-9)17-5-4-6-19-7-10(17)13(18)16-11;3*1-2/h10H,3-7H2,1-2H3,(H,16,18);3*1-2H3. The number of hydrogen-bond acceptors (Lipinski definition) is 5.